The first-order valence-electron chi connectivity index (χ1n) is 10.8. The summed E-state index contributed by atoms with van der Waals surface area (Å²) < 4.78 is 6.01. The van der Waals surface area contributed by atoms with Gasteiger partial charge in [-0.25, -0.2) is 4.79 Å². The van der Waals surface area contributed by atoms with E-state index in [1.54, 1.807) is 19.2 Å². The van der Waals surface area contributed by atoms with Gasteiger partial charge in [0.1, 0.15) is 11.9 Å². The Bertz CT molecular complexity index is 743. The molecule has 1 aromatic carbocycles. The lowest BCUT2D eigenvalue weighted by Gasteiger charge is -2.52. The van der Waals surface area contributed by atoms with Crippen molar-refractivity contribution in [3.05, 3.63) is 28.8 Å². The van der Waals surface area contributed by atoms with Crippen LogP contribution in [-0.4, -0.2) is 40.4 Å². The van der Waals surface area contributed by atoms with Crippen molar-refractivity contribution in [3.63, 3.8) is 0 Å². The normalized spacial score (nSPS) is 20.2. The molecule has 0 spiro atoms. The molecule has 0 bridgehead atoms. The lowest BCUT2D eigenvalue weighted by molar-refractivity contribution is -0.276. The minimum atomic E-state index is -0.339. The quantitative estimate of drug-likeness (QED) is 0.634. The lowest BCUT2D eigenvalue weighted by Crippen LogP contribution is -2.61. The zero-order valence-corrected chi connectivity index (χ0v) is 20.8. The molecule has 0 amide bonds. The largest absolute Gasteiger partial charge is 0.507 e. The highest BCUT2D eigenvalue weighted by Crippen LogP contribution is 2.42. The van der Waals surface area contributed by atoms with E-state index in [0.717, 1.165) is 11.1 Å². The van der Waals surface area contributed by atoms with Gasteiger partial charge >= 0.3 is 5.97 Å². The first-order valence-corrected chi connectivity index (χ1v) is 10.8. The predicted octanol–water partition coefficient (Wildman–Crippen LogP) is 5.73. The van der Waals surface area contributed by atoms with Gasteiger partial charge in [-0.05, 0) is 50.7 Å². The van der Waals surface area contributed by atoms with Gasteiger partial charge in [-0.2, -0.15) is 5.06 Å². The van der Waals surface area contributed by atoms with Crippen LogP contribution in [0.4, 0.5) is 0 Å². The number of phenols is 1. The number of esters is 1. The number of benzene rings is 1. The molecule has 5 heteroatoms. The molecular weight excluding hydrogens is 378 g/mol. The fourth-order valence-electron chi connectivity index (χ4n) is 4.86. The van der Waals surface area contributed by atoms with Crippen molar-refractivity contribution in [1.29, 1.82) is 0 Å². The highest BCUT2D eigenvalue weighted by atomic mass is 16.7. The summed E-state index contributed by atoms with van der Waals surface area (Å²) in [6, 6.07) is 3.57. The van der Waals surface area contributed by atoms with E-state index in [0.29, 0.717) is 18.4 Å². The highest BCUT2D eigenvalue weighted by molar-refractivity contribution is 5.90. The van der Waals surface area contributed by atoms with Crippen molar-refractivity contribution < 1.29 is 19.5 Å². The second-order valence-corrected chi connectivity index (χ2v) is 12.0. The molecule has 1 heterocycles. The number of hydroxylamine groups is 2. The van der Waals surface area contributed by atoms with Crippen LogP contribution in [-0.2, 0) is 20.4 Å². The fourth-order valence-corrected chi connectivity index (χ4v) is 4.86. The summed E-state index contributed by atoms with van der Waals surface area (Å²) in [6.07, 6.45) is 1.16. The van der Waals surface area contributed by atoms with E-state index in [4.69, 9.17) is 9.57 Å². The maximum atomic E-state index is 13.2. The van der Waals surface area contributed by atoms with Crippen LogP contribution in [0.1, 0.15) is 104 Å². The van der Waals surface area contributed by atoms with E-state index in [2.05, 4.69) is 27.7 Å². The van der Waals surface area contributed by atoms with Crippen LogP contribution in [0.5, 0.6) is 5.75 Å². The number of aromatic hydroxyl groups is 1. The van der Waals surface area contributed by atoms with E-state index in [9.17, 15) is 9.90 Å². The third kappa shape index (κ3) is 5.00. The first-order chi connectivity index (χ1) is 13.4. The lowest BCUT2D eigenvalue weighted by atomic mass is 9.78. The number of hydrogen-bond donors (Lipinski definition) is 1. The Morgan fingerprint density at radius 2 is 1.37 bits per heavy atom. The van der Waals surface area contributed by atoms with E-state index in [-0.39, 0.29) is 39.7 Å². The zero-order valence-electron chi connectivity index (χ0n) is 20.8. The topological polar surface area (TPSA) is 59.0 Å². The molecule has 1 aliphatic heterocycles. The smallest absolute Gasteiger partial charge is 0.338 e. The summed E-state index contributed by atoms with van der Waals surface area (Å²) in [4.78, 5) is 18.9. The molecule has 0 saturated carbocycles. The molecule has 30 heavy (non-hydrogen) atoms. The Hall–Kier alpha value is -1.59. The summed E-state index contributed by atoms with van der Waals surface area (Å²) in [6.45, 7) is 20.6. The summed E-state index contributed by atoms with van der Waals surface area (Å²) in [5, 5.41) is 12.9. The first kappa shape index (κ1) is 24.7. The number of piperidine rings is 1. The summed E-state index contributed by atoms with van der Waals surface area (Å²) in [5.74, 6) is -0.0734. The van der Waals surface area contributed by atoms with Gasteiger partial charge in [0.05, 0.1) is 12.7 Å². The maximum Gasteiger partial charge on any atom is 0.338 e. The summed E-state index contributed by atoms with van der Waals surface area (Å²) in [7, 11) is 1.69. The maximum absolute atomic E-state index is 13.2. The Morgan fingerprint density at radius 1 is 0.967 bits per heavy atom. The van der Waals surface area contributed by atoms with Crippen LogP contribution >= 0.6 is 0 Å². The average molecular weight is 420 g/mol. The Kier molecular flexibility index (Phi) is 6.44. The van der Waals surface area contributed by atoms with Gasteiger partial charge < -0.3 is 14.7 Å². The minimum absolute atomic E-state index is 0.209. The number of ether oxygens (including phenoxy) is 1. The molecule has 0 atom stereocenters. The molecular formula is C25H41NO4. The third-order valence-corrected chi connectivity index (χ3v) is 5.97. The van der Waals surface area contributed by atoms with Gasteiger partial charge in [0.2, 0.25) is 0 Å². The van der Waals surface area contributed by atoms with Gasteiger partial charge in [-0.1, -0.05) is 41.5 Å². The molecule has 0 unspecified atom stereocenters. The van der Waals surface area contributed by atoms with Crippen molar-refractivity contribution in [2.75, 3.05) is 7.11 Å². The van der Waals surface area contributed by atoms with Gasteiger partial charge in [0.15, 0.2) is 0 Å². The Labute approximate surface area is 182 Å². The SMILES string of the molecule is CON1C(C)(C)CC(OC(=O)c2cc(C(C)(C)C)c(O)c(C(C)(C)C)c2)CC1(C)C. The van der Waals surface area contributed by atoms with Crippen molar-refractivity contribution in [1.82, 2.24) is 5.06 Å². The van der Waals surface area contributed by atoms with Crippen LogP contribution in [0.25, 0.3) is 0 Å². The highest BCUT2D eigenvalue weighted by Gasteiger charge is 2.47. The molecule has 5 nitrogen and oxygen atoms in total. The van der Waals surface area contributed by atoms with E-state index in [1.165, 1.54) is 0 Å². The number of nitrogens with zero attached hydrogens (tertiary/aromatic N) is 1. The van der Waals surface area contributed by atoms with E-state index in [1.807, 2.05) is 46.6 Å². The second kappa shape index (κ2) is 7.83. The third-order valence-electron chi connectivity index (χ3n) is 5.97. The van der Waals surface area contributed by atoms with E-state index < -0.39 is 0 Å². The minimum Gasteiger partial charge on any atom is -0.507 e. The van der Waals surface area contributed by atoms with Crippen molar-refractivity contribution in [2.24, 2.45) is 0 Å². The fraction of sp³-hybridized carbons (Fsp3) is 0.720. The molecule has 0 aromatic heterocycles. The number of hydrogen-bond acceptors (Lipinski definition) is 5. The van der Waals surface area contributed by atoms with Crippen LogP contribution < -0.4 is 0 Å². The number of carbonyl (C=O) groups excluding carboxylic acids is 1. The molecule has 170 valence electrons. The van der Waals surface area contributed by atoms with Crippen LogP contribution in [0.3, 0.4) is 0 Å². The summed E-state index contributed by atoms with van der Waals surface area (Å²) in [5.41, 5.74) is 0.899. The van der Waals surface area contributed by atoms with Crippen LogP contribution in [0, 0.1) is 0 Å². The Morgan fingerprint density at radius 3 is 1.70 bits per heavy atom. The zero-order chi connectivity index (χ0) is 23.3. The standard InChI is InChI=1S/C25H41NO4/c1-22(2,3)18-12-16(13-19(20(18)27)23(4,5)6)21(28)30-17-14-24(7,8)26(29-11)25(9,10)15-17/h12-13,17,27H,14-15H2,1-11H3. The Balaban J connectivity index is 2.40. The molecule has 1 aliphatic rings. The summed E-state index contributed by atoms with van der Waals surface area (Å²) >= 11 is 0. The molecule has 0 radical (unpaired) electrons. The van der Waals surface area contributed by atoms with E-state index >= 15 is 0 Å². The van der Waals surface area contributed by atoms with Gasteiger partial charge in [0.25, 0.3) is 0 Å². The number of rotatable bonds is 3. The molecule has 2 rings (SSSR count). The van der Waals surface area contributed by atoms with Gasteiger partial charge in [-0.3, -0.25) is 0 Å². The number of phenolic OH excluding ortho intramolecular Hbond substituents is 1. The molecule has 1 N–H and O–H groups in total. The second-order valence-electron chi connectivity index (χ2n) is 12.0. The van der Waals surface area contributed by atoms with Crippen LogP contribution in [0.15, 0.2) is 12.1 Å². The van der Waals surface area contributed by atoms with Crippen molar-refractivity contribution in [2.45, 2.75) is 110 Å². The monoisotopic (exact) mass is 419 g/mol. The number of carbonyl (C=O) groups is 1. The van der Waals surface area contributed by atoms with Gasteiger partial charge in [0, 0.05) is 35.0 Å². The van der Waals surface area contributed by atoms with Crippen molar-refractivity contribution in [3.8, 4) is 5.75 Å². The average Bonchev–Trinajstić information content (AvgIpc) is 2.50. The molecule has 0 aliphatic carbocycles. The van der Waals surface area contributed by atoms with Gasteiger partial charge in [-0.15, -0.1) is 0 Å². The van der Waals surface area contributed by atoms with Crippen molar-refractivity contribution >= 4 is 5.97 Å². The van der Waals surface area contributed by atoms with Crippen LogP contribution in [0.2, 0.25) is 0 Å². The molecule has 1 fully saturated rings. The predicted molar refractivity (Wildman–Crippen MR) is 121 cm³/mol. The molecule has 1 aromatic rings. The molecule has 1 saturated heterocycles.